The molecular formula is C24H17N3O3. The lowest BCUT2D eigenvalue weighted by molar-refractivity contribution is 0.0996. The van der Waals surface area contributed by atoms with Gasteiger partial charge in [-0.15, -0.1) is 0 Å². The zero-order chi connectivity index (χ0) is 20.9. The summed E-state index contributed by atoms with van der Waals surface area (Å²) >= 11 is 0. The highest BCUT2D eigenvalue weighted by atomic mass is 16.2. The normalized spacial score (nSPS) is 10.4. The lowest BCUT2D eigenvalue weighted by atomic mass is 9.98. The molecule has 30 heavy (non-hydrogen) atoms. The van der Waals surface area contributed by atoms with Crippen molar-refractivity contribution in [1.82, 2.24) is 10.2 Å². The van der Waals surface area contributed by atoms with E-state index in [1.54, 1.807) is 72.8 Å². The molecule has 6 nitrogen and oxygen atoms in total. The molecule has 0 radical (unpaired) electrons. The van der Waals surface area contributed by atoms with Gasteiger partial charge in [0.15, 0.2) is 5.78 Å². The van der Waals surface area contributed by atoms with Gasteiger partial charge in [-0.25, -0.2) is 5.10 Å². The predicted molar refractivity (Wildman–Crippen MR) is 115 cm³/mol. The van der Waals surface area contributed by atoms with E-state index in [-0.39, 0.29) is 17.2 Å². The molecule has 0 saturated carbocycles. The number of anilines is 1. The summed E-state index contributed by atoms with van der Waals surface area (Å²) in [6, 6.07) is 25.6. The topological polar surface area (TPSA) is 91.9 Å². The van der Waals surface area contributed by atoms with E-state index in [0.29, 0.717) is 28.1 Å². The molecule has 1 amide bonds. The van der Waals surface area contributed by atoms with Crippen molar-refractivity contribution in [1.29, 1.82) is 0 Å². The largest absolute Gasteiger partial charge is 0.322 e. The molecule has 6 heteroatoms. The van der Waals surface area contributed by atoms with Crippen molar-refractivity contribution in [2.24, 2.45) is 0 Å². The van der Waals surface area contributed by atoms with Gasteiger partial charge in [0.05, 0.1) is 11.3 Å². The summed E-state index contributed by atoms with van der Waals surface area (Å²) in [5.41, 5.74) is 2.71. The molecule has 0 atom stereocenters. The Labute approximate surface area is 172 Å². The Morgan fingerprint density at radius 3 is 2.23 bits per heavy atom. The van der Waals surface area contributed by atoms with E-state index >= 15 is 0 Å². The predicted octanol–water partition coefficient (Wildman–Crippen LogP) is 3.92. The Morgan fingerprint density at radius 2 is 1.50 bits per heavy atom. The minimum Gasteiger partial charge on any atom is -0.322 e. The fourth-order valence-corrected chi connectivity index (χ4v) is 3.08. The monoisotopic (exact) mass is 395 g/mol. The van der Waals surface area contributed by atoms with E-state index in [4.69, 9.17) is 0 Å². The molecule has 146 valence electrons. The van der Waals surface area contributed by atoms with Crippen molar-refractivity contribution in [2.45, 2.75) is 0 Å². The van der Waals surface area contributed by atoms with Crippen molar-refractivity contribution >= 4 is 17.4 Å². The molecular weight excluding hydrogens is 378 g/mol. The summed E-state index contributed by atoms with van der Waals surface area (Å²) in [5.74, 6) is -0.603. The van der Waals surface area contributed by atoms with Crippen molar-refractivity contribution in [3.05, 3.63) is 118 Å². The number of benzene rings is 3. The number of nitrogens with one attached hydrogen (secondary N) is 2. The molecule has 0 saturated heterocycles. The van der Waals surface area contributed by atoms with Gasteiger partial charge in [-0.1, -0.05) is 60.7 Å². The lowest BCUT2D eigenvalue weighted by Gasteiger charge is -2.11. The number of H-pyrrole nitrogens is 1. The minimum absolute atomic E-state index is 0.215. The van der Waals surface area contributed by atoms with Gasteiger partial charge in [0.2, 0.25) is 0 Å². The second kappa shape index (κ2) is 8.36. The second-order valence-electron chi connectivity index (χ2n) is 6.58. The van der Waals surface area contributed by atoms with Crippen LogP contribution in [0.15, 0.2) is 95.8 Å². The number of hydrogen-bond donors (Lipinski definition) is 2. The average molecular weight is 395 g/mol. The number of aromatic amines is 1. The Bertz CT molecular complexity index is 1260. The minimum atomic E-state index is -0.388. The summed E-state index contributed by atoms with van der Waals surface area (Å²) in [6.07, 6.45) is 0. The van der Waals surface area contributed by atoms with Crippen LogP contribution in [0.5, 0.6) is 0 Å². The molecule has 1 aromatic heterocycles. The van der Waals surface area contributed by atoms with Crippen LogP contribution in [0.3, 0.4) is 0 Å². The first-order valence-electron chi connectivity index (χ1n) is 9.28. The number of carbonyl (C=O) groups is 2. The Morgan fingerprint density at radius 1 is 0.767 bits per heavy atom. The Hall–Kier alpha value is -4.32. The van der Waals surface area contributed by atoms with Gasteiger partial charge in [-0.3, -0.25) is 14.4 Å². The quantitative estimate of drug-likeness (QED) is 0.501. The highest BCUT2D eigenvalue weighted by Crippen LogP contribution is 2.21. The number of aromatic nitrogens is 2. The Balaban J connectivity index is 1.61. The highest BCUT2D eigenvalue weighted by molar-refractivity contribution is 6.17. The van der Waals surface area contributed by atoms with Crippen molar-refractivity contribution in [3.63, 3.8) is 0 Å². The third-order valence-electron chi connectivity index (χ3n) is 4.55. The molecule has 0 bridgehead atoms. The third kappa shape index (κ3) is 4.07. The van der Waals surface area contributed by atoms with Crippen molar-refractivity contribution < 1.29 is 9.59 Å². The van der Waals surface area contributed by atoms with Gasteiger partial charge in [0.25, 0.3) is 11.5 Å². The van der Waals surface area contributed by atoms with Crippen LogP contribution < -0.4 is 10.9 Å². The average Bonchev–Trinajstić information content (AvgIpc) is 2.80. The smallest absolute Gasteiger partial charge is 0.264 e. The number of ketones is 1. The fraction of sp³-hybridized carbons (Fsp3) is 0. The first-order chi connectivity index (χ1) is 14.6. The molecule has 0 fully saturated rings. The van der Waals surface area contributed by atoms with E-state index in [9.17, 15) is 14.4 Å². The number of amides is 1. The van der Waals surface area contributed by atoms with Crippen LogP contribution in [0, 0.1) is 0 Å². The SMILES string of the molecule is O=C(Nc1cccc(-c2ccc(=O)[nH]n2)c1)c1ccccc1C(=O)c1ccccc1. The van der Waals surface area contributed by atoms with Crippen LogP contribution in [0.1, 0.15) is 26.3 Å². The third-order valence-corrected chi connectivity index (χ3v) is 4.55. The van der Waals surface area contributed by atoms with E-state index in [0.717, 1.165) is 5.56 Å². The highest BCUT2D eigenvalue weighted by Gasteiger charge is 2.18. The van der Waals surface area contributed by atoms with E-state index in [1.165, 1.54) is 6.07 Å². The molecule has 1 heterocycles. The van der Waals surface area contributed by atoms with Gasteiger partial charge in [-0.2, -0.15) is 5.10 Å². The first-order valence-corrected chi connectivity index (χ1v) is 9.28. The van der Waals surface area contributed by atoms with E-state index in [2.05, 4.69) is 15.5 Å². The zero-order valence-electron chi connectivity index (χ0n) is 15.8. The number of hydrogen-bond acceptors (Lipinski definition) is 4. The maximum atomic E-state index is 12.9. The molecule has 3 aromatic carbocycles. The Kier molecular flexibility index (Phi) is 5.30. The van der Waals surface area contributed by atoms with Gasteiger partial charge in [0.1, 0.15) is 0 Å². The van der Waals surface area contributed by atoms with E-state index < -0.39 is 0 Å². The van der Waals surface area contributed by atoms with Crippen LogP contribution >= 0.6 is 0 Å². The second-order valence-corrected chi connectivity index (χ2v) is 6.58. The number of rotatable bonds is 5. The zero-order valence-corrected chi connectivity index (χ0v) is 15.8. The maximum absolute atomic E-state index is 12.9. The summed E-state index contributed by atoms with van der Waals surface area (Å²) in [6.45, 7) is 0. The summed E-state index contributed by atoms with van der Waals surface area (Å²) in [5, 5.41) is 9.23. The summed E-state index contributed by atoms with van der Waals surface area (Å²) in [4.78, 5) is 37.0. The van der Waals surface area contributed by atoms with Crippen LogP contribution in [-0.2, 0) is 0 Å². The molecule has 4 rings (SSSR count). The number of carbonyl (C=O) groups excluding carboxylic acids is 2. The van der Waals surface area contributed by atoms with Gasteiger partial charge in [-0.05, 0) is 24.3 Å². The van der Waals surface area contributed by atoms with Gasteiger partial charge >= 0.3 is 0 Å². The molecule has 2 N–H and O–H groups in total. The first kappa shape index (κ1) is 19.0. The van der Waals surface area contributed by atoms with Gasteiger partial charge in [0, 0.05) is 28.4 Å². The molecule has 0 spiro atoms. The maximum Gasteiger partial charge on any atom is 0.264 e. The van der Waals surface area contributed by atoms with Crippen molar-refractivity contribution in [3.8, 4) is 11.3 Å². The molecule has 0 aliphatic rings. The fourth-order valence-electron chi connectivity index (χ4n) is 3.08. The molecule has 4 aromatic rings. The summed E-state index contributed by atoms with van der Waals surface area (Å²) in [7, 11) is 0. The lowest BCUT2D eigenvalue weighted by Crippen LogP contribution is -2.17. The summed E-state index contributed by atoms with van der Waals surface area (Å²) < 4.78 is 0. The van der Waals surface area contributed by atoms with Crippen LogP contribution in [0.2, 0.25) is 0 Å². The molecule has 0 unspecified atom stereocenters. The van der Waals surface area contributed by atoms with Crippen LogP contribution in [0.25, 0.3) is 11.3 Å². The van der Waals surface area contributed by atoms with Crippen molar-refractivity contribution in [2.75, 3.05) is 5.32 Å². The van der Waals surface area contributed by atoms with Gasteiger partial charge < -0.3 is 5.32 Å². The standard InChI is InChI=1S/C24H17N3O3/c28-22-14-13-21(26-27-22)17-9-6-10-18(15-17)25-24(30)20-12-5-4-11-19(20)23(29)16-7-2-1-3-8-16/h1-15H,(H,25,30)(H,27,28). The molecule has 0 aliphatic carbocycles. The van der Waals surface area contributed by atoms with Crippen LogP contribution in [0.4, 0.5) is 5.69 Å². The number of nitrogens with zero attached hydrogens (tertiary/aromatic N) is 1. The molecule has 0 aliphatic heterocycles. The van der Waals surface area contributed by atoms with Crippen LogP contribution in [-0.4, -0.2) is 21.9 Å². The van der Waals surface area contributed by atoms with E-state index in [1.807, 2.05) is 12.1 Å².